The molecule has 0 atom stereocenters. The van der Waals surface area contributed by atoms with Crippen molar-refractivity contribution in [2.75, 3.05) is 12.3 Å². The number of rotatable bonds is 8. The second kappa shape index (κ2) is 7.80. The SMILES string of the molecule is CCC(CC)N(CC(C)C)S(=O)(=O)Cc1cccc(N)c1. The van der Waals surface area contributed by atoms with Crippen LogP contribution in [0.3, 0.4) is 0 Å². The lowest BCUT2D eigenvalue weighted by Crippen LogP contribution is -2.42. The van der Waals surface area contributed by atoms with Crippen LogP contribution in [0.15, 0.2) is 24.3 Å². The van der Waals surface area contributed by atoms with E-state index in [0.29, 0.717) is 18.2 Å². The Bertz CT molecular complexity index is 537. The van der Waals surface area contributed by atoms with E-state index < -0.39 is 10.0 Å². The highest BCUT2D eigenvalue weighted by atomic mass is 32.2. The molecule has 120 valence electrons. The number of sulfonamides is 1. The maximum Gasteiger partial charge on any atom is 0.218 e. The predicted molar refractivity (Wildman–Crippen MR) is 89.4 cm³/mol. The van der Waals surface area contributed by atoms with E-state index in [9.17, 15) is 8.42 Å². The van der Waals surface area contributed by atoms with E-state index in [2.05, 4.69) is 0 Å². The van der Waals surface area contributed by atoms with Crippen LogP contribution in [-0.2, 0) is 15.8 Å². The Hall–Kier alpha value is -1.07. The highest BCUT2D eigenvalue weighted by molar-refractivity contribution is 7.88. The van der Waals surface area contributed by atoms with Crippen LogP contribution < -0.4 is 5.73 Å². The van der Waals surface area contributed by atoms with Gasteiger partial charge in [0.05, 0.1) is 5.75 Å². The van der Waals surface area contributed by atoms with Crippen LogP contribution in [0.1, 0.15) is 46.1 Å². The van der Waals surface area contributed by atoms with E-state index in [1.807, 2.05) is 33.8 Å². The first-order valence-electron chi connectivity index (χ1n) is 7.64. The zero-order valence-electron chi connectivity index (χ0n) is 13.5. The zero-order valence-corrected chi connectivity index (χ0v) is 14.4. The molecule has 0 aliphatic heterocycles. The zero-order chi connectivity index (χ0) is 16.0. The maximum absolute atomic E-state index is 12.8. The number of hydrogen-bond donors (Lipinski definition) is 1. The molecule has 1 aromatic carbocycles. The van der Waals surface area contributed by atoms with Crippen molar-refractivity contribution >= 4 is 15.7 Å². The van der Waals surface area contributed by atoms with E-state index in [-0.39, 0.29) is 11.8 Å². The smallest absolute Gasteiger partial charge is 0.218 e. The molecular weight excluding hydrogens is 284 g/mol. The first kappa shape index (κ1) is 18.0. The summed E-state index contributed by atoms with van der Waals surface area (Å²) in [6.07, 6.45) is 1.67. The molecule has 1 rings (SSSR count). The van der Waals surface area contributed by atoms with E-state index in [4.69, 9.17) is 5.73 Å². The summed E-state index contributed by atoms with van der Waals surface area (Å²) in [4.78, 5) is 0. The minimum atomic E-state index is -3.33. The van der Waals surface area contributed by atoms with Gasteiger partial charge in [0.2, 0.25) is 10.0 Å². The number of nitrogen functional groups attached to an aromatic ring is 1. The van der Waals surface area contributed by atoms with E-state index >= 15 is 0 Å². The van der Waals surface area contributed by atoms with Gasteiger partial charge in [-0.25, -0.2) is 8.42 Å². The summed E-state index contributed by atoms with van der Waals surface area (Å²) in [6, 6.07) is 7.18. The van der Waals surface area contributed by atoms with Crippen molar-refractivity contribution < 1.29 is 8.42 Å². The third-order valence-corrected chi connectivity index (χ3v) is 5.41. The highest BCUT2D eigenvalue weighted by Gasteiger charge is 2.28. The molecule has 0 bridgehead atoms. The van der Waals surface area contributed by atoms with Gasteiger partial charge in [-0.15, -0.1) is 0 Å². The molecule has 0 fully saturated rings. The standard InChI is InChI=1S/C16H28N2O2S/c1-5-16(6-2)18(11-13(3)4)21(19,20)12-14-8-7-9-15(17)10-14/h7-10,13,16H,5-6,11-12,17H2,1-4H3. The Balaban J connectivity index is 3.03. The molecule has 0 unspecified atom stereocenters. The van der Waals surface area contributed by atoms with Crippen molar-refractivity contribution in [3.63, 3.8) is 0 Å². The first-order chi connectivity index (χ1) is 9.80. The molecule has 0 aromatic heterocycles. The topological polar surface area (TPSA) is 63.4 Å². The molecule has 5 heteroatoms. The second-order valence-corrected chi connectivity index (χ2v) is 7.86. The van der Waals surface area contributed by atoms with Crippen LogP contribution in [0.2, 0.25) is 0 Å². The Morgan fingerprint density at radius 2 is 1.81 bits per heavy atom. The Morgan fingerprint density at radius 1 is 1.19 bits per heavy atom. The Kier molecular flexibility index (Phi) is 6.68. The third-order valence-electron chi connectivity index (χ3n) is 3.55. The lowest BCUT2D eigenvalue weighted by Gasteiger charge is -2.31. The fraction of sp³-hybridized carbons (Fsp3) is 0.625. The second-order valence-electron chi connectivity index (χ2n) is 5.94. The van der Waals surface area contributed by atoms with Crippen LogP contribution in [-0.4, -0.2) is 25.3 Å². The van der Waals surface area contributed by atoms with E-state index in [1.54, 1.807) is 22.5 Å². The van der Waals surface area contributed by atoms with Crippen LogP contribution in [0, 0.1) is 5.92 Å². The Labute approximate surface area is 129 Å². The number of benzene rings is 1. The summed E-state index contributed by atoms with van der Waals surface area (Å²) in [5, 5.41) is 0. The molecule has 0 heterocycles. The molecule has 21 heavy (non-hydrogen) atoms. The summed E-state index contributed by atoms with van der Waals surface area (Å²) in [5.41, 5.74) is 7.08. The molecule has 4 nitrogen and oxygen atoms in total. The summed E-state index contributed by atoms with van der Waals surface area (Å²) in [6.45, 7) is 8.74. The average Bonchev–Trinajstić information content (AvgIpc) is 2.38. The molecule has 1 aromatic rings. The van der Waals surface area contributed by atoms with Crippen molar-refractivity contribution in [1.82, 2.24) is 4.31 Å². The van der Waals surface area contributed by atoms with Gasteiger partial charge in [0, 0.05) is 18.3 Å². The van der Waals surface area contributed by atoms with Crippen molar-refractivity contribution in [3.8, 4) is 0 Å². The van der Waals surface area contributed by atoms with Crippen molar-refractivity contribution in [1.29, 1.82) is 0 Å². The number of nitrogens with two attached hydrogens (primary N) is 1. The van der Waals surface area contributed by atoms with Gasteiger partial charge >= 0.3 is 0 Å². The fourth-order valence-electron chi connectivity index (χ4n) is 2.52. The van der Waals surface area contributed by atoms with Crippen molar-refractivity contribution in [2.24, 2.45) is 5.92 Å². The Morgan fingerprint density at radius 3 is 2.29 bits per heavy atom. The van der Waals surface area contributed by atoms with Crippen LogP contribution in [0.5, 0.6) is 0 Å². The summed E-state index contributed by atoms with van der Waals surface area (Å²) in [5.74, 6) is 0.322. The molecule has 0 saturated carbocycles. The molecule has 0 aliphatic carbocycles. The van der Waals surface area contributed by atoms with Crippen LogP contribution >= 0.6 is 0 Å². The molecule has 0 spiro atoms. The molecule has 0 aliphatic rings. The average molecular weight is 312 g/mol. The van der Waals surface area contributed by atoms with Gasteiger partial charge in [-0.2, -0.15) is 4.31 Å². The van der Waals surface area contributed by atoms with Crippen LogP contribution in [0.4, 0.5) is 5.69 Å². The molecule has 0 saturated heterocycles. The van der Waals surface area contributed by atoms with Gasteiger partial charge in [-0.1, -0.05) is 39.8 Å². The van der Waals surface area contributed by atoms with Gasteiger partial charge in [0.25, 0.3) is 0 Å². The molecule has 2 N–H and O–H groups in total. The monoisotopic (exact) mass is 312 g/mol. The largest absolute Gasteiger partial charge is 0.399 e. The normalized spacial score (nSPS) is 12.5. The maximum atomic E-state index is 12.8. The quantitative estimate of drug-likeness (QED) is 0.749. The first-order valence-corrected chi connectivity index (χ1v) is 9.25. The van der Waals surface area contributed by atoms with Gasteiger partial charge in [0.1, 0.15) is 0 Å². The number of anilines is 1. The highest BCUT2D eigenvalue weighted by Crippen LogP contribution is 2.20. The van der Waals surface area contributed by atoms with Crippen molar-refractivity contribution in [3.05, 3.63) is 29.8 Å². The number of nitrogens with zero attached hydrogens (tertiary/aromatic N) is 1. The summed E-state index contributed by atoms with van der Waals surface area (Å²) in [7, 11) is -3.33. The van der Waals surface area contributed by atoms with E-state index in [1.165, 1.54) is 0 Å². The molecule has 0 radical (unpaired) electrons. The lowest BCUT2D eigenvalue weighted by molar-refractivity contribution is 0.276. The minimum absolute atomic E-state index is 0.0151. The third kappa shape index (κ3) is 5.32. The van der Waals surface area contributed by atoms with Crippen molar-refractivity contribution in [2.45, 2.75) is 52.3 Å². The summed E-state index contributed by atoms with van der Waals surface area (Å²) < 4.78 is 27.3. The van der Waals surface area contributed by atoms with Gasteiger partial charge < -0.3 is 5.73 Å². The number of hydrogen-bond acceptors (Lipinski definition) is 3. The molecular formula is C16H28N2O2S. The minimum Gasteiger partial charge on any atom is -0.399 e. The lowest BCUT2D eigenvalue weighted by atomic mass is 10.1. The predicted octanol–water partition coefficient (Wildman–Crippen LogP) is 3.25. The van der Waals surface area contributed by atoms with Crippen LogP contribution in [0.25, 0.3) is 0 Å². The fourth-order valence-corrected chi connectivity index (χ4v) is 4.57. The van der Waals surface area contributed by atoms with Gasteiger partial charge in [0.15, 0.2) is 0 Å². The van der Waals surface area contributed by atoms with Gasteiger partial charge in [-0.3, -0.25) is 0 Å². The summed E-state index contributed by atoms with van der Waals surface area (Å²) >= 11 is 0. The van der Waals surface area contributed by atoms with Gasteiger partial charge in [-0.05, 0) is 36.5 Å². The van der Waals surface area contributed by atoms with E-state index in [0.717, 1.165) is 18.4 Å². The molecule has 0 amide bonds.